The lowest BCUT2D eigenvalue weighted by Crippen LogP contribution is -2.09. The number of rotatable bonds is 12. The molecule has 7 heteroatoms. The number of hydrogen-bond acceptors (Lipinski definition) is 5. The average molecular weight is 1080 g/mol. The summed E-state index contributed by atoms with van der Waals surface area (Å²) >= 11 is 0. The van der Waals surface area contributed by atoms with Crippen LogP contribution in [0.15, 0.2) is 211 Å². The molecule has 10 aromatic carbocycles. The average Bonchev–Trinajstić information content (AvgIpc) is 2.60. The van der Waals surface area contributed by atoms with Crippen molar-refractivity contribution in [1.29, 1.82) is 0 Å². The zero-order valence-corrected chi connectivity index (χ0v) is 48.5. The van der Waals surface area contributed by atoms with E-state index < -0.39 is 0 Å². The highest BCUT2D eigenvalue weighted by Crippen LogP contribution is 2.47. The second-order valence-electron chi connectivity index (χ2n) is 23.5. The van der Waals surface area contributed by atoms with E-state index >= 15 is 0 Å². The van der Waals surface area contributed by atoms with Crippen molar-refractivity contribution in [2.24, 2.45) is 0 Å². The smallest absolute Gasteiger partial charge is 0.149 e. The Morgan fingerprint density at radius 2 is 0.880 bits per heavy atom. The molecule has 0 aliphatic rings. The normalized spacial score (nSPS) is 12.1. The van der Waals surface area contributed by atoms with Crippen LogP contribution in [0.3, 0.4) is 0 Å². The molecule has 0 aliphatic heterocycles. The monoisotopic (exact) mass is 1080 g/mol. The van der Waals surface area contributed by atoms with Crippen molar-refractivity contribution in [3.63, 3.8) is 0 Å². The van der Waals surface area contributed by atoms with Crippen molar-refractivity contribution in [1.82, 2.24) is 24.1 Å². The first-order valence-electron chi connectivity index (χ1n) is 29.3. The third kappa shape index (κ3) is 8.76. The van der Waals surface area contributed by atoms with Crippen molar-refractivity contribution in [2.75, 3.05) is 0 Å². The van der Waals surface area contributed by atoms with Gasteiger partial charge in [0.05, 0.1) is 49.9 Å². The van der Waals surface area contributed by atoms with Crippen LogP contribution in [0, 0.1) is 6.92 Å². The highest BCUT2D eigenvalue weighted by molar-refractivity contribution is 6.24. The van der Waals surface area contributed by atoms with E-state index in [1.54, 1.807) is 0 Å². The van der Waals surface area contributed by atoms with Crippen molar-refractivity contribution in [2.45, 2.75) is 86.0 Å². The molecule has 7 nitrogen and oxygen atoms in total. The number of aryl methyl sites for hydroxylation is 1. The minimum Gasteiger partial charge on any atom is -0.457 e. The maximum Gasteiger partial charge on any atom is 0.149 e. The van der Waals surface area contributed by atoms with Gasteiger partial charge in [-0.2, -0.15) is 0 Å². The van der Waals surface area contributed by atoms with Crippen LogP contribution in [-0.2, 0) is 0 Å². The molecule has 4 aromatic heterocycles. The lowest BCUT2D eigenvalue weighted by molar-refractivity contribution is 0.483. The molecular weight excluding hydrogens is 1010 g/mol. The molecule has 0 atom stereocenters. The molecule has 0 unspecified atom stereocenters. The highest BCUT2D eigenvalue weighted by Gasteiger charge is 2.29. The summed E-state index contributed by atoms with van der Waals surface area (Å²) in [5.41, 5.74) is 21.0. The summed E-state index contributed by atoms with van der Waals surface area (Å²) in [6, 6.07) is 73.5. The SMILES string of the molecule is Cc1nc2c(ccc3oc4c(-c5nc6ccccc6n5-c5c(C(C)C)cc(-c6ccccc6)cc5C(C)C)cc(Oc5cccc(-c6nc7ccccc7n6-c6c(C(C)C)cc(-c7ccccc7)cc6C(C)C)c5)cc4c32)c2ccccc12. The van der Waals surface area contributed by atoms with Crippen LogP contribution >= 0.6 is 0 Å². The van der Waals surface area contributed by atoms with Gasteiger partial charge in [-0.25, -0.2) is 9.97 Å². The Kier molecular flexibility index (Phi) is 12.7. The van der Waals surface area contributed by atoms with Gasteiger partial charge in [-0.15, -0.1) is 0 Å². The molecule has 4 heterocycles. The summed E-state index contributed by atoms with van der Waals surface area (Å²) in [6.45, 7) is 20.5. The van der Waals surface area contributed by atoms with E-state index in [0.29, 0.717) is 17.1 Å². The number of nitrogens with zero attached hydrogens (tertiary/aromatic N) is 5. The van der Waals surface area contributed by atoms with Gasteiger partial charge in [0.15, 0.2) is 0 Å². The third-order valence-electron chi connectivity index (χ3n) is 16.7. The summed E-state index contributed by atoms with van der Waals surface area (Å²) in [6.07, 6.45) is 0. The number of furan rings is 1. The zero-order valence-electron chi connectivity index (χ0n) is 48.5. The maximum absolute atomic E-state index is 7.32. The molecule has 14 rings (SSSR count). The predicted octanol–water partition coefficient (Wildman–Crippen LogP) is 21.2. The number of aromatic nitrogens is 5. The van der Waals surface area contributed by atoms with Crippen LogP contribution in [0.2, 0.25) is 0 Å². The van der Waals surface area contributed by atoms with Crippen LogP contribution in [-0.4, -0.2) is 24.1 Å². The lowest BCUT2D eigenvalue weighted by Gasteiger charge is -2.24. The number of pyridine rings is 1. The molecule has 0 spiro atoms. The summed E-state index contributed by atoms with van der Waals surface area (Å²) in [5, 5.41) is 5.17. The second kappa shape index (κ2) is 20.4. The molecule has 0 N–H and O–H groups in total. The highest BCUT2D eigenvalue weighted by atomic mass is 16.5. The first kappa shape index (κ1) is 51.5. The van der Waals surface area contributed by atoms with Gasteiger partial charge in [-0.3, -0.25) is 14.1 Å². The van der Waals surface area contributed by atoms with E-state index in [2.05, 4.69) is 272 Å². The molecule has 0 radical (unpaired) electrons. The predicted molar refractivity (Wildman–Crippen MR) is 345 cm³/mol. The van der Waals surface area contributed by atoms with E-state index in [1.165, 1.54) is 50.2 Å². The molecule has 0 aliphatic carbocycles. The van der Waals surface area contributed by atoms with Crippen molar-refractivity contribution < 1.29 is 9.15 Å². The first-order valence-corrected chi connectivity index (χ1v) is 29.3. The first-order chi connectivity index (χ1) is 40.4. The van der Waals surface area contributed by atoms with Crippen molar-refractivity contribution in [3.05, 3.63) is 234 Å². The van der Waals surface area contributed by atoms with Crippen LogP contribution in [0.5, 0.6) is 11.5 Å². The van der Waals surface area contributed by atoms with Gasteiger partial charge in [0.1, 0.15) is 34.3 Å². The Morgan fingerprint density at radius 3 is 1.45 bits per heavy atom. The van der Waals surface area contributed by atoms with E-state index in [1.807, 2.05) is 6.07 Å². The van der Waals surface area contributed by atoms with Gasteiger partial charge < -0.3 is 9.15 Å². The standard InChI is InChI=1S/C76H65N5O2/c1-44(2)59-38-52(49-23-12-10-13-24-49)39-60(45(3)4)72(59)80-67-33-20-18-31-65(67)78-75(80)51-27-22-28-54(37-51)82-55-42-63-70-69(36-35-58-57-30-17-16-29-56(57)48(9)77-71(58)70)83-74(63)64(43-55)76-79-66-32-19-21-34-68(66)81(76)73-61(46(5)6)40-53(41-62(73)47(7)8)50-25-14-11-15-26-50/h10-47H,1-9H3. The Labute approximate surface area is 484 Å². The quantitative estimate of drug-likeness (QED) is 0.114. The summed E-state index contributed by atoms with van der Waals surface area (Å²) in [7, 11) is 0. The van der Waals surface area contributed by atoms with Crippen LogP contribution < -0.4 is 4.74 Å². The van der Waals surface area contributed by atoms with E-state index in [0.717, 1.165) is 94.3 Å². The number of para-hydroxylation sites is 4. The molecule has 0 saturated heterocycles. The summed E-state index contributed by atoms with van der Waals surface area (Å²) < 4.78 is 19.3. The Hall–Kier alpha value is -9.59. The molecule has 0 amide bonds. The molecule has 0 bridgehead atoms. The Balaban J connectivity index is 1.00. The molecule has 0 saturated carbocycles. The fourth-order valence-corrected chi connectivity index (χ4v) is 12.7. The van der Waals surface area contributed by atoms with E-state index in [9.17, 15) is 0 Å². The van der Waals surface area contributed by atoms with Gasteiger partial charge in [0, 0.05) is 27.4 Å². The van der Waals surface area contributed by atoms with Crippen molar-refractivity contribution in [3.8, 4) is 67.9 Å². The maximum atomic E-state index is 7.32. The third-order valence-corrected chi connectivity index (χ3v) is 16.7. The fourth-order valence-electron chi connectivity index (χ4n) is 12.7. The summed E-state index contributed by atoms with van der Waals surface area (Å²) in [4.78, 5) is 16.5. The largest absolute Gasteiger partial charge is 0.457 e. The van der Waals surface area contributed by atoms with E-state index in [4.69, 9.17) is 24.1 Å². The van der Waals surface area contributed by atoms with Gasteiger partial charge in [-0.05, 0) is 165 Å². The molecule has 83 heavy (non-hydrogen) atoms. The topological polar surface area (TPSA) is 70.9 Å². The number of fused-ring (bicyclic) bond motifs is 9. The lowest BCUT2D eigenvalue weighted by atomic mass is 9.88. The Bertz CT molecular complexity index is 4790. The molecule has 14 aromatic rings. The van der Waals surface area contributed by atoms with Crippen LogP contribution in [0.25, 0.3) is 122 Å². The van der Waals surface area contributed by atoms with Crippen molar-refractivity contribution >= 4 is 65.7 Å². The molecule has 0 fully saturated rings. The Morgan fingerprint density at radius 1 is 0.386 bits per heavy atom. The number of benzene rings is 10. The van der Waals surface area contributed by atoms with E-state index in [-0.39, 0.29) is 23.7 Å². The minimum atomic E-state index is 0.180. The summed E-state index contributed by atoms with van der Waals surface area (Å²) in [5.74, 6) is 3.73. The van der Waals surface area contributed by atoms with Crippen LogP contribution in [0.4, 0.5) is 0 Å². The van der Waals surface area contributed by atoms with Gasteiger partial charge in [0.2, 0.25) is 0 Å². The van der Waals surface area contributed by atoms with Crippen LogP contribution in [0.1, 0.15) is 107 Å². The number of hydrogen-bond donors (Lipinski definition) is 0. The minimum absolute atomic E-state index is 0.180. The zero-order chi connectivity index (χ0) is 56.8. The van der Waals surface area contributed by atoms with Gasteiger partial charge in [0.25, 0.3) is 0 Å². The van der Waals surface area contributed by atoms with Gasteiger partial charge in [-0.1, -0.05) is 177 Å². The van der Waals surface area contributed by atoms with Gasteiger partial charge >= 0.3 is 0 Å². The number of ether oxygens (including phenoxy) is 1. The molecular formula is C76H65N5O2. The second-order valence-corrected chi connectivity index (χ2v) is 23.5. The molecule has 406 valence electrons. The number of imidazole rings is 2. The fraction of sp³-hybridized carbons (Fsp3) is 0.171.